The van der Waals surface area contributed by atoms with Gasteiger partial charge in [-0.05, 0) is 12.5 Å². The maximum Gasteiger partial charge on any atom is 0.123 e. The molecular formula is C10H13NO2. The van der Waals surface area contributed by atoms with Gasteiger partial charge in [-0.25, -0.2) is 0 Å². The Morgan fingerprint density at radius 2 is 2.15 bits per heavy atom. The summed E-state index contributed by atoms with van der Waals surface area (Å²) < 4.78 is 5.54. The van der Waals surface area contributed by atoms with Crippen molar-refractivity contribution >= 4 is 0 Å². The first kappa shape index (κ1) is 8.53. The van der Waals surface area contributed by atoms with Crippen LogP contribution in [-0.2, 0) is 6.54 Å². The number of ether oxygens (including phenoxy) is 1. The molecule has 70 valence electrons. The predicted octanol–water partition coefficient (Wildman–Crippen LogP) is 1.66. The Morgan fingerprint density at radius 1 is 1.31 bits per heavy atom. The number of benzene rings is 1. The number of hydrogen-bond donors (Lipinski definition) is 1. The zero-order valence-electron chi connectivity index (χ0n) is 7.44. The van der Waals surface area contributed by atoms with Gasteiger partial charge in [0.05, 0.1) is 13.2 Å². The Bertz CT molecular complexity index is 288. The summed E-state index contributed by atoms with van der Waals surface area (Å²) >= 11 is 0. The maximum absolute atomic E-state index is 9.44. The maximum atomic E-state index is 9.44. The van der Waals surface area contributed by atoms with Crippen molar-refractivity contribution in [1.82, 2.24) is 5.06 Å². The van der Waals surface area contributed by atoms with Crippen LogP contribution in [0.25, 0.3) is 0 Å². The van der Waals surface area contributed by atoms with Crippen LogP contribution in [0.3, 0.4) is 0 Å². The zero-order valence-corrected chi connectivity index (χ0v) is 7.44. The van der Waals surface area contributed by atoms with E-state index in [9.17, 15) is 5.21 Å². The minimum absolute atomic E-state index is 0.552. The van der Waals surface area contributed by atoms with Gasteiger partial charge in [0, 0.05) is 12.1 Å². The van der Waals surface area contributed by atoms with E-state index in [1.165, 1.54) is 5.06 Å². The molecule has 3 heteroatoms. The summed E-state index contributed by atoms with van der Waals surface area (Å²) in [6, 6.07) is 7.82. The van der Waals surface area contributed by atoms with Gasteiger partial charge in [0.2, 0.25) is 0 Å². The highest BCUT2D eigenvalue weighted by Gasteiger charge is 2.10. The highest BCUT2D eigenvalue weighted by atomic mass is 16.5. The van der Waals surface area contributed by atoms with Crippen molar-refractivity contribution in [3.05, 3.63) is 29.8 Å². The van der Waals surface area contributed by atoms with Gasteiger partial charge in [-0.1, -0.05) is 18.2 Å². The molecule has 0 fully saturated rings. The summed E-state index contributed by atoms with van der Waals surface area (Å²) in [6.07, 6.45) is 0.866. The van der Waals surface area contributed by atoms with Gasteiger partial charge in [0.25, 0.3) is 0 Å². The van der Waals surface area contributed by atoms with Crippen LogP contribution in [0.4, 0.5) is 0 Å². The number of para-hydroxylation sites is 1. The third-order valence-electron chi connectivity index (χ3n) is 2.14. The summed E-state index contributed by atoms with van der Waals surface area (Å²) in [4.78, 5) is 0. The highest BCUT2D eigenvalue weighted by Crippen LogP contribution is 2.21. The van der Waals surface area contributed by atoms with Crippen LogP contribution in [0.5, 0.6) is 5.75 Å². The van der Waals surface area contributed by atoms with Gasteiger partial charge in [-0.15, -0.1) is 0 Å². The lowest BCUT2D eigenvalue weighted by Gasteiger charge is -2.20. The molecule has 1 heterocycles. The van der Waals surface area contributed by atoms with E-state index >= 15 is 0 Å². The Kier molecular flexibility index (Phi) is 2.47. The number of fused-ring (bicyclic) bond motifs is 1. The first-order valence-electron chi connectivity index (χ1n) is 4.51. The van der Waals surface area contributed by atoms with Crippen molar-refractivity contribution in [2.24, 2.45) is 0 Å². The second-order valence-corrected chi connectivity index (χ2v) is 3.20. The van der Waals surface area contributed by atoms with Crippen molar-refractivity contribution in [3.8, 4) is 5.75 Å². The molecule has 1 aliphatic rings. The van der Waals surface area contributed by atoms with Crippen LogP contribution >= 0.6 is 0 Å². The smallest absolute Gasteiger partial charge is 0.123 e. The fourth-order valence-electron chi connectivity index (χ4n) is 1.48. The molecule has 0 saturated carbocycles. The van der Waals surface area contributed by atoms with E-state index in [0.29, 0.717) is 19.7 Å². The highest BCUT2D eigenvalue weighted by molar-refractivity contribution is 5.33. The van der Waals surface area contributed by atoms with Crippen molar-refractivity contribution < 1.29 is 9.94 Å². The Morgan fingerprint density at radius 3 is 3.08 bits per heavy atom. The molecule has 1 aliphatic heterocycles. The summed E-state index contributed by atoms with van der Waals surface area (Å²) in [6.45, 7) is 1.90. The quantitative estimate of drug-likeness (QED) is 0.657. The largest absolute Gasteiger partial charge is 0.493 e. The van der Waals surface area contributed by atoms with Gasteiger partial charge >= 0.3 is 0 Å². The average molecular weight is 179 g/mol. The molecular weight excluding hydrogens is 166 g/mol. The molecule has 0 atom stereocenters. The number of hydroxylamine groups is 2. The van der Waals surface area contributed by atoms with Crippen LogP contribution in [0, 0.1) is 0 Å². The molecule has 0 saturated heterocycles. The van der Waals surface area contributed by atoms with Crippen LogP contribution in [-0.4, -0.2) is 23.4 Å². The monoisotopic (exact) mass is 179 g/mol. The van der Waals surface area contributed by atoms with Gasteiger partial charge in [-0.2, -0.15) is 5.06 Å². The normalized spacial score (nSPS) is 18.2. The number of hydrogen-bond acceptors (Lipinski definition) is 3. The standard InChI is InChI=1S/C10H13NO2/c12-11-6-3-7-13-10-5-2-1-4-9(10)8-11/h1-2,4-5,12H,3,6-8H2. The third kappa shape index (κ3) is 1.99. The number of rotatable bonds is 0. The average Bonchev–Trinajstić information content (AvgIpc) is 2.11. The van der Waals surface area contributed by atoms with E-state index in [4.69, 9.17) is 4.74 Å². The van der Waals surface area contributed by atoms with Gasteiger partial charge in [0.1, 0.15) is 5.75 Å². The fraction of sp³-hybridized carbons (Fsp3) is 0.400. The fourth-order valence-corrected chi connectivity index (χ4v) is 1.48. The lowest BCUT2D eigenvalue weighted by Crippen LogP contribution is -2.24. The molecule has 0 radical (unpaired) electrons. The summed E-state index contributed by atoms with van der Waals surface area (Å²) in [5, 5.41) is 10.8. The zero-order chi connectivity index (χ0) is 9.10. The Labute approximate surface area is 77.5 Å². The molecule has 13 heavy (non-hydrogen) atoms. The SMILES string of the molecule is ON1CCCOc2ccccc2C1. The van der Waals surface area contributed by atoms with Gasteiger partial charge in [-0.3, -0.25) is 0 Å². The lowest BCUT2D eigenvalue weighted by molar-refractivity contribution is -0.104. The van der Waals surface area contributed by atoms with Crippen molar-refractivity contribution in [2.45, 2.75) is 13.0 Å². The molecule has 0 aromatic heterocycles. The minimum Gasteiger partial charge on any atom is -0.493 e. The van der Waals surface area contributed by atoms with Gasteiger partial charge < -0.3 is 9.94 Å². The predicted molar refractivity (Wildman–Crippen MR) is 48.8 cm³/mol. The molecule has 0 aliphatic carbocycles. The Balaban J connectivity index is 2.25. The summed E-state index contributed by atoms with van der Waals surface area (Å²) in [7, 11) is 0. The van der Waals surface area contributed by atoms with E-state index in [1.807, 2.05) is 24.3 Å². The summed E-state index contributed by atoms with van der Waals surface area (Å²) in [5.74, 6) is 0.890. The van der Waals surface area contributed by atoms with E-state index in [0.717, 1.165) is 17.7 Å². The molecule has 1 aromatic rings. The molecule has 0 spiro atoms. The van der Waals surface area contributed by atoms with E-state index in [-0.39, 0.29) is 0 Å². The van der Waals surface area contributed by atoms with Crippen LogP contribution in [0.1, 0.15) is 12.0 Å². The second-order valence-electron chi connectivity index (χ2n) is 3.20. The topological polar surface area (TPSA) is 32.7 Å². The summed E-state index contributed by atoms with van der Waals surface area (Å²) in [5.41, 5.74) is 1.05. The molecule has 3 nitrogen and oxygen atoms in total. The molecule has 1 N–H and O–H groups in total. The van der Waals surface area contributed by atoms with E-state index < -0.39 is 0 Å². The molecule has 0 unspecified atom stereocenters. The Hall–Kier alpha value is -1.06. The molecule has 0 amide bonds. The van der Waals surface area contributed by atoms with Crippen LogP contribution < -0.4 is 4.74 Å². The van der Waals surface area contributed by atoms with Crippen molar-refractivity contribution in [1.29, 1.82) is 0 Å². The minimum atomic E-state index is 0.552. The molecule has 1 aromatic carbocycles. The van der Waals surface area contributed by atoms with Crippen molar-refractivity contribution in [2.75, 3.05) is 13.2 Å². The first-order chi connectivity index (χ1) is 6.36. The third-order valence-corrected chi connectivity index (χ3v) is 2.14. The number of nitrogens with zero attached hydrogens (tertiary/aromatic N) is 1. The van der Waals surface area contributed by atoms with Crippen LogP contribution in [0.15, 0.2) is 24.3 Å². The molecule has 2 rings (SSSR count). The van der Waals surface area contributed by atoms with E-state index in [2.05, 4.69) is 0 Å². The van der Waals surface area contributed by atoms with Gasteiger partial charge in [0.15, 0.2) is 0 Å². The van der Waals surface area contributed by atoms with E-state index in [1.54, 1.807) is 0 Å². The van der Waals surface area contributed by atoms with Crippen LogP contribution in [0.2, 0.25) is 0 Å². The lowest BCUT2D eigenvalue weighted by atomic mass is 10.2. The first-order valence-corrected chi connectivity index (χ1v) is 4.51. The second kappa shape index (κ2) is 3.77. The van der Waals surface area contributed by atoms with Crippen molar-refractivity contribution in [3.63, 3.8) is 0 Å². The molecule has 0 bridgehead atoms.